The summed E-state index contributed by atoms with van der Waals surface area (Å²) in [7, 11) is 0. The highest BCUT2D eigenvalue weighted by molar-refractivity contribution is 5.79. The molecular formula is C15H24N4O9. The van der Waals surface area contributed by atoms with E-state index in [0.29, 0.717) is 0 Å². The van der Waals surface area contributed by atoms with Crippen molar-refractivity contribution in [3.63, 3.8) is 0 Å². The van der Waals surface area contributed by atoms with Gasteiger partial charge in [0, 0.05) is 32.1 Å². The van der Waals surface area contributed by atoms with Gasteiger partial charge >= 0.3 is 6.09 Å². The zero-order valence-electron chi connectivity index (χ0n) is 15.9. The molecule has 0 aromatic heterocycles. The van der Waals surface area contributed by atoms with Crippen molar-refractivity contribution in [3.05, 3.63) is 20.2 Å². The molecule has 28 heavy (non-hydrogen) atoms. The van der Waals surface area contributed by atoms with E-state index in [1.165, 1.54) is 9.80 Å². The fourth-order valence-corrected chi connectivity index (χ4v) is 3.30. The minimum absolute atomic E-state index is 0.0510. The van der Waals surface area contributed by atoms with E-state index in [9.17, 15) is 29.8 Å². The first-order valence-electron chi connectivity index (χ1n) is 8.85. The van der Waals surface area contributed by atoms with Crippen molar-refractivity contribution in [1.29, 1.82) is 0 Å². The molecule has 0 aromatic rings. The largest absolute Gasteiger partial charge is 0.444 e. The quantitative estimate of drug-likeness (QED) is 0.474. The summed E-state index contributed by atoms with van der Waals surface area (Å²) >= 11 is 0. The highest BCUT2D eigenvalue weighted by Crippen LogP contribution is 2.32. The second-order valence-electron chi connectivity index (χ2n) is 7.70. The van der Waals surface area contributed by atoms with E-state index in [1.54, 1.807) is 20.8 Å². The first-order valence-corrected chi connectivity index (χ1v) is 8.85. The third kappa shape index (κ3) is 5.82. The number of carbonyl (C=O) groups excluding carboxylic acids is 2. The SMILES string of the molecule is CC(C)(C)OC(=O)N1CCN(C(=O)C2CC(O[N+](=O)[O-])C(O[N+](=O)[O-])C2)CC1. The van der Waals surface area contributed by atoms with Gasteiger partial charge in [-0.1, -0.05) is 0 Å². The van der Waals surface area contributed by atoms with E-state index < -0.39 is 40.0 Å². The molecule has 158 valence electrons. The number of amides is 2. The molecule has 2 unspecified atom stereocenters. The van der Waals surface area contributed by atoms with Crippen molar-refractivity contribution in [3.8, 4) is 0 Å². The van der Waals surface area contributed by atoms with Gasteiger partial charge in [0.1, 0.15) is 17.8 Å². The van der Waals surface area contributed by atoms with Crippen LogP contribution in [0, 0.1) is 26.1 Å². The third-order valence-electron chi connectivity index (χ3n) is 4.48. The topological polar surface area (TPSA) is 155 Å². The molecule has 0 radical (unpaired) electrons. The summed E-state index contributed by atoms with van der Waals surface area (Å²) in [6.07, 6.45) is -2.93. The van der Waals surface area contributed by atoms with Crippen LogP contribution in [-0.4, -0.2) is 76.0 Å². The molecule has 2 rings (SSSR count). The predicted molar refractivity (Wildman–Crippen MR) is 90.8 cm³/mol. The average molecular weight is 404 g/mol. The van der Waals surface area contributed by atoms with Gasteiger partial charge in [-0.05, 0) is 33.6 Å². The smallest absolute Gasteiger partial charge is 0.410 e. The molecule has 0 spiro atoms. The van der Waals surface area contributed by atoms with Gasteiger partial charge in [-0.3, -0.25) is 4.79 Å². The predicted octanol–water partition coefficient (Wildman–Crippen LogP) is 0.630. The lowest BCUT2D eigenvalue weighted by atomic mass is 10.1. The van der Waals surface area contributed by atoms with Crippen LogP contribution in [0.2, 0.25) is 0 Å². The number of nitrogens with zero attached hydrogens (tertiary/aromatic N) is 4. The van der Waals surface area contributed by atoms with E-state index in [-0.39, 0.29) is 44.9 Å². The molecule has 2 amide bonds. The molecule has 2 fully saturated rings. The molecule has 1 heterocycles. The molecule has 1 saturated carbocycles. The molecule has 2 atom stereocenters. The Bertz CT molecular complexity index is 603. The minimum Gasteiger partial charge on any atom is -0.444 e. The van der Waals surface area contributed by atoms with Gasteiger partial charge in [-0.25, -0.2) is 4.79 Å². The Hall–Kier alpha value is -2.86. The monoisotopic (exact) mass is 404 g/mol. The van der Waals surface area contributed by atoms with Gasteiger partial charge in [-0.15, -0.1) is 20.2 Å². The highest BCUT2D eigenvalue weighted by atomic mass is 17.0. The molecule has 1 aliphatic carbocycles. The van der Waals surface area contributed by atoms with E-state index in [0.717, 1.165) is 0 Å². The van der Waals surface area contributed by atoms with E-state index >= 15 is 0 Å². The summed E-state index contributed by atoms with van der Waals surface area (Å²) in [4.78, 5) is 57.9. The third-order valence-corrected chi connectivity index (χ3v) is 4.48. The summed E-state index contributed by atoms with van der Waals surface area (Å²) in [5, 5.41) is 19.1. The zero-order chi connectivity index (χ0) is 21.1. The van der Waals surface area contributed by atoms with Crippen molar-refractivity contribution >= 4 is 12.0 Å². The van der Waals surface area contributed by atoms with Crippen LogP contribution in [0.4, 0.5) is 4.79 Å². The normalized spacial score (nSPS) is 25.2. The van der Waals surface area contributed by atoms with Gasteiger partial charge < -0.3 is 24.2 Å². The first kappa shape index (κ1) is 21.4. The van der Waals surface area contributed by atoms with Crippen LogP contribution in [0.1, 0.15) is 33.6 Å². The molecule has 13 heteroatoms. The number of hydrogen-bond donors (Lipinski definition) is 0. The van der Waals surface area contributed by atoms with Gasteiger partial charge in [0.2, 0.25) is 5.91 Å². The fourth-order valence-electron chi connectivity index (χ4n) is 3.30. The lowest BCUT2D eigenvalue weighted by molar-refractivity contribution is -0.797. The molecule has 1 saturated heterocycles. The number of piperazine rings is 1. The van der Waals surface area contributed by atoms with Crippen LogP contribution >= 0.6 is 0 Å². The minimum atomic E-state index is -1.18. The number of ether oxygens (including phenoxy) is 1. The maximum atomic E-state index is 12.7. The van der Waals surface area contributed by atoms with Crippen molar-refractivity contribution in [2.45, 2.75) is 51.4 Å². The number of rotatable bonds is 5. The fraction of sp³-hybridized carbons (Fsp3) is 0.867. The maximum absolute atomic E-state index is 12.7. The van der Waals surface area contributed by atoms with Crippen molar-refractivity contribution < 1.29 is 34.2 Å². The molecule has 0 bridgehead atoms. The summed E-state index contributed by atoms with van der Waals surface area (Å²) in [5.41, 5.74) is -0.619. The summed E-state index contributed by atoms with van der Waals surface area (Å²) in [6, 6.07) is 0. The first-order chi connectivity index (χ1) is 13.0. The Labute approximate surface area is 160 Å². The van der Waals surface area contributed by atoms with E-state index in [2.05, 4.69) is 9.68 Å². The molecular weight excluding hydrogens is 380 g/mol. The van der Waals surface area contributed by atoms with Crippen LogP contribution in [-0.2, 0) is 19.2 Å². The Morgan fingerprint density at radius 3 is 1.71 bits per heavy atom. The standard InChI is InChI=1S/C15H24N4O9/c1-15(2,3)26-14(21)17-6-4-16(5-7-17)13(20)10-8-11(27-18(22)23)12(9-10)28-19(24)25/h10-12H,4-9H2,1-3H3. The second-order valence-corrected chi connectivity index (χ2v) is 7.70. The van der Waals surface area contributed by atoms with Crippen molar-refractivity contribution in [1.82, 2.24) is 9.80 Å². The summed E-state index contributed by atoms with van der Waals surface area (Å²) < 4.78 is 5.30. The van der Waals surface area contributed by atoms with Crippen LogP contribution in [0.3, 0.4) is 0 Å². The molecule has 0 N–H and O–H groups in total. The zero-order valence-corrected chi connectivity index (χ0v) is 15.9. The molecule has 13 nitrogen and oxygen atoms in total. The van der Waals surface area contributed by atoms with Crippen LogP contribution < -0.4 is 0 Å². The van der Waals surface area contributed by atoms with Crippen LogP contribution in [0.25, 0.3) is 0 Å². The Kier molecular flexibility index (Phi) is 6.46. The highest BCUT2D eigenvalue weighted by Gasteiger charge is 2.44. The molecule has 2 aliphatic rings. The maximum Gasteiger partial charge on any atom is 0.410 e. The lowest BCUT2D eigenvalue weighted by Crippen LogP contribution is -2.52. The van der Waals surface area contributed by atoms with Crippen molar-refractivity contribution in [2.24, 2.45) is 5.92 Å². The van der Waals surface area contributed by atoms with Crippen molar-refractivity contribution in [2.75, 3.05) is 26.2 Å². The van der Waals surface area contributed by atoms with Gasteiger partial charge in [-0.2, -0.15) is 0 Å². The van der Waals surface area contributed by atoms with Gasteiger partial charge in [0.05, 0.1) is 0 Å². The van der Waals surface area contributed by atoms with Crippen LogP contribution in [0.5, 0.6) is 0 Å². The molecule has 0 aromatic carbocycles. The van der Waals surface area contributed by atoms with Gasteiger partial charge in [0.25, 0.3) is 10.2 Å². The Morgan fingerprint density at radius 2 is 1.32 bits per heavy atom. The summed E-state index contributed by atoms with van der Waals surface area (Å²) in [6.45, 7) is 6.41. The number of carbonyl (C=O) groups is 2. The summed E-state index contributed by atoms with van der Waals surface area (Å²) in [5.74, 6) is -0.988. The molecule has 1 aliphatic heterocycles. The van der Waals surface area contributed by atoms with Crippen LogP contribution in [0.15, 0.2) is 0 Å². The number of hydrogen-bond acceptors (Lipinski definition) is 9. The lowest BCUT2D eigenvalue weighted by Gasteiger charge is -2.36. The Balaban J connectivity index is 1.91. The van der Waals surface area contributed by atoms with E-state index in [4.69, 9.17) is 4.74 Å². The van der Waals surface area contributed by atoms with E-state index in [1.807, 2.05) is 0 Å². The van der Waals surface area contributed by atoms with Gasteiger partial charge in [0.15, 0.2) is 0 Å². The average Bonchev–Trinajstić information content (AvgIpc) is 2.94. The Morgan fingerprint density at radius 1 is 0.893 bits per heavy atom. The second kappa shape index (κ2) is 8.44.